The van der Waals surface area contributed by atoms with Gasteiger partial charge >= 0.3 is 0 Å². The quantitative estimate of drug-likeness (QED) is 0.503. The van der Waals surface area contributed by atoms with Gasteiger partial charge in [0.2, 0.25) is 0 Å². The van der Waals surface area contributed by atoms with Crippen molar-refractivity contribution in [3.63, 3.8) is 0 Å². The molecule has 0 saturated carbocycles. The van der Waals surface area contributed by atoms with Gasteiger partial charge in [-0.05, 0) is 60.7 Å². The molecule has 26 heavy (non-hydrogen) atoms. The zero-order valence-corrected chi connectivity index (χ0v) is 14.2. The van der Waals surface area contributed by atoms with Gasteiger partial charge in [-0.1, -0.05) is 12.1 Å². The number of phenols is 1. The Kier molecular flexibility index (Phi) is 5.39. The van der Waals surface area contributed by atoms with Crippen molar-refractivity contribution in [1.29, 1.82) is 0 Å². The van der Waals surface area contributed by atoms with E-state index in [2.05, 4.69) is 0 Å². The molecule has 0 saturated heterocycles. The molecule has 0 aliphatic heterocycles. The fourth-order valence-corrected chi connectivity index (χ4v) is 2.33. The number of hydrogen-bond acceptors (Lipinski definition) is 5. The second-order valence-electron chi connectivity index (χ2n) is 5.49. The molecule has 0 spiro atoms. The van der Waals surface area contributed by atoms with Crippen molar-refractivity contribution < 1.29 is 23.8 Å². The number of hydrogen-bond donors (Lipinski definition) is 1. The Morgan fingerprint density at radius 2 is 1.77 bits per heavy atom. The highest BCUT2D eigenvalue weighted by molar-refractivity contribution is 6.06. The maximum atomic E-state index is 12.1. The zero-order chi connectivity index (χ0) is 18.4. The van der Waals surface area contributed by atoms with E-state index in [-0.39, 0.29) is 18.1 Å². The van der Waals surface area contributed by atoms with Gasteiger partial charge in [0, 0.05) is 5.56 Å². The van der Waals surface area contributed by atoms with E-state index in [1.165, 1.54) is 18.2 Å². The Morgan fingerprint density at radius 1 is 1.04 bits per heavy atom. The second kappa shape index (κ2) is 8.07. The van der Waals surface area contributed by atoms with E-state index in [1.807, 2.05) is 24.3 Å². The summed E-state index contributed by atoms with van der Waals surface area (Å²) in [6.07, 6.45) is 3.03. The molecule has 0 bridgehead atoms. The number of allylic oxidation sites excluding steroid dienone is 1. The number of phenolic OH excluding ortho intramolecular Hbond substituents is 1. The van der Waals surface area contributed by atoms with Crippen molar-refractivity contribution in [2.45, 2.75) is 6.61 Å². The minimum Gasteiger partial charge on any atom is -0.508 e. The molecule has 1 heterocycles. The van der Waals surface area contributed by atoms with Gasteiger partial charge in [0.15, 0.2) is 17.3 Å². The van der Waals surface area contributed by atoms with Crippen LogP contribution in [0.5, 0.6) is 17.2 Å². The van der Waals surface area contributed by atoms with Gasteiger partial charge in [0.05, 0.1) is 7.11 Å². The van der Waals surface area contributed by atoms with Gasteiger partial charge < -0.3 is 19.0 Å². The summed E-state index contributed by atoms with van der Waals surface area (Å²) >= 11 is 0. The van der Waals surface area contributed by atoms with E-state index < -0.39 is 0 Å². The van der Waals surface area contributed by atoms with Gasteiger partial charge in [-0.25, -0.2) is 0 Å². The number of benzene rings is 2. The molecular formula is C21H18O5. The summed E-state index contributed by atoms with van der Waals surface area (Å²) in [6.45, 7) is 0.250. The molecule has 5 heteroatoms. The molecule has 0 unspecified atom stereocenters. The van der Waals surface area contributed by atoms with Crippen LogP contribution in [0.2, 0.25) is 0 Å². The van der Waals surface area contributed by atoms with Crippen molar-refractivity contribution >= 4 is 11.9 Å². The molecule has 0 radical (unpaired) electrons. The fourth-order valence-electron chi connectivity index (χ4n) is 2.33. The number of aromatic hydroxyl groups is 1. The largest absolute Gasteiger partial charge is 0.508 e. The molecular weight excluding hydrogens is 332 g/mol. The molecule has 3 aromatic rings. The predicted molar refractivity (Wildman–Crippen MR) is 97.5 cm³/mol. The summed E-state index contributed by atoms with van der Waals surface area (Å²) in [7, 11) is 1.59. The number of furan rings is 1. The van der Waals surface area contributed by atoms with E-state index >= 15 is 0 Å². The van der Waals surface area contributed by atoms with Gasteiger partial charge in [-0.15, -0.1) is 0 Å². The topological polar surface area (TPSA) is 68.9 Å². The van der Waals surface area contributed by atoms with Crippen LogP contribution in [0.25, 0.3) is 6.08 Å². The Morgan fingerprint density at radius 3 is 2.50 bits per heavy atom. The van der Waals surface area contributed by atoms with Crippen molar-refractivity contribution in [2.75, 3.05) is 7.11 Å². The first kappa shape index (κ1) is 17.4. The van der Waals surface area contributed by atoms with E-state index in [0.717, 1.165) is 0 Å². The molecule has 132 valence electrons. The van der Waals surface area contributed by atoms with E-state index in [9.17, 15) is 9.90 Å². The number of carbonyl (C=O) groups excluding carboxylic acids is 1. The van der Waals surface area contributed by atoms with Crippen LogP contribution in [0.15, 0.2) is 71.2 Å². The van der Waals surface area contributed by atoms with Crippen LogP contribution in [0, 0.1) is 0 Å². The maximum Gasteiger partial charge on any atom is 0.185 e. The van der Waals surface area contributed by atoms with Crippen LogP contribution in [-0.2, 0) is 6.61 Å². The van der Waals surface area contributed by atoms with Gasteiger partial charge in [-0.2, -0.15) is 0 Å². The summed E-state index contributed by atoms with van der Waals surface area (Å²) in [5.74, 6) is 2.41. The SMILES string of the molecule is COc1ccccc1OCc1ccc(/C=C/C(=O)c2ccc(O)cc2)o1. The van der Waals surface area contributed by atoms with E-state index in [4.69, 9.17) is 13.9 Å². The van der Waals surface area contributed by atoms with E-state index in [1.54, 1.807) is 37.5 Å². The van der Waals surface area contributed by atoms with Crippen molar-refractivity contribution in [3.05, 3.63) is 83.8 Å². The van der Waals surface area contributed by atoms with Crippen molar-refractivity contribution in [2.24, 2.45) is 0 Å². The second-order valence-corrected chi connectivity index (χ2v) is 5.49. The Bertz CT molecular complexity index is 906. The van der Waals surface area contributed by atoms with Gasteiger partial charge in [0.1, 0.15) is 23.9 Å². The first-order chi connectivity index (χ1) is 12.7. The predicted octanol–water partition coefficient (Wildman–Crippen LogP) is 4.47. The molecule has 0 atom stereocenters. The third-order valence-electron chi connectivity index (χ3n) is 3.67. The van der Waals surface area contributed by atoms with Crippen LogP contribution in [0.4, 0.5) is 0 Å². The first-order valence-electron chi connectivity index (χ1n) is 8.01. The Hall–Kier alpha value is -3.47. The molecule has 0 fully saturated rings. The molecule has 1 N–H and O–H groups in total. The van der Waals surface area contributed by atoms with Crippen LogP contribution in [-0.4, -0.2) is 18.0 Å². The lowest BCUT2D eigenvalue weighted by Crippen LogP contribution is -1.96. The molecule has 0 aliphatic carbocycles. The standard InChI is InChI=1S/C21H18O5/c1-24-20-4-2-3-5-21(20)25-14-18-11-10-17(26-18)12-13-19(23)15-6-8-16(22)9-7-15/h2-13,22H,14H2,1H3/b13-12+. The average Bonchev–Trinajstić information content (AvgIpc) is 3.13. The summed E-state index contributed by atoms with van der Waals surface area (Å²) in [5.41, 5.74) is 0.491. The summed E-state index contributed by atoms with van der Waals surface area (Å²) in [4.78, 5) is 12.1. The van der Waals surface area contributed by atoms with Crippen molar-refractivity contribution in [1.82, 2.24) is 0 Å². The number of rotatable bonds is 7. The van der Waals surface area contributed by atoms with E-state index in [0.29, 0.717) is 28.6 Å². The lowest BCUT2D eigenvalue weighted by molar-refractivity contribution is 0.104. The Labute approximate surface area is 151 Å². The van der Waals surface area contributed by atoms with Gasteiger partial charge in [-0.3, -0.25) is 4.79 Å². The molecule has 0 amide bonds. The van der Waals surface area contributed by atoms with Crippen LogP contribution < -0.4 is 9.47 Å². The van der Waals surface area contributed by atoms with Crippen LogP contribution in [0.3, 0.4) is 0 Å². The maximum absolute atomic E-state index is 12.1. The van der Waals surface area contributed by atoms with Gasteiger partial charge in [0.25, 0.3) is 0 Å². The first-order valence-corrected chi connectivity index (χ1v) is 8.01. The number of ether oxygens (including phenoxy) is 2. The lowest BCUT2D eigenvalue weighted by atomic mass is 10.1. The highest BCUT2D eigenvalue weighted by Crippen LogP contribution is 2.26. The van der Waals surface area contributed by atoms with Crippen LogP contribution in [0.1, 0.15) is 21.9 Å². The molecule has 1 aromatic heterocycles. The Balaban J connectivity index is 1.60. The third-order valence-corrected chi connectivity index (χ3v) is 3.67. The summed E-state index contributed by atoms with van der Waals surface area (Å²) in [6, 6.07) is 17.0. The minimum absolute atomic E-state index is 0.122. The fraction of sp³-hybridized carbons (Fsp3) is 0.0952. The highest BCUT2D eigenvalue weighted by Gasteiger charge is 2.06. The number of methoxy groups -OCH3 is 1. The molecule has 5 nitrogen and oxygen atoms in total. The molecule has 3 rings (SSSR count). The third kappa shape index (κ3) is 4.33. The zero-order valence-electron chi connectivity index (χ0n) is 14.2. The number of carbonyl (C=O) groups is 1. The molecule has 0 aliphatic rings. The minimum atomic E-state index is -0.173. The highest BCUT2D eigenvalue weighted by atomic mass is 16.5. The number of ketones is 1. The monoisotopic (exact) mass is 350 g/mol. The summed E-state index contributed by atoms with van der Waals surface area (Å²) in [5, 5.41) is 9.25. The number of para-hydroxylation sites is 2. The lowest BCUT2D eigenvalue weighted by Gasteiger charge is -2.08. The molecule has 2 aromatic carbocycles. The smallest absolute Gasteiger partial charge is 0.185 e. The normalized spacial score (nSPS) is 10.8. The van der Waals surface area contributed by atoms with Crippen molar-refractivity contribution in [3.8, 4) is 17.2 Å². The average molecular weight is 350 g/mol. The van der Waals surface area contributed by atoms with Crippen LogP contribution >= 0.6 is 0 Å². The summed E-state index contributed by atoms with van der Waals surface area (Å²) < 4.78 is 16.6.